The van der Waals surface area contributed by atoms with Gasteiger partial charge in [-0.3, -0.25) is 9.78 Å². The van der Waals surface area contributed by atoms with Crippen LogP contribution in [-0.4, -0.2) is 37.6 Å². The van der Waals surface area contributed by atoms with Gasteiger partial charge in [-0.25, -0.2) is 4.98 Å². The van der Waals surface area contributed by atoms with Crippen LogP contribution in [-0.2, 0) is 0 Å². The Morgan fingerprint density at radius 3 is 2.71 bits per heavy atom. The van der Waals surface area contributed by atoms with Crippen molar-refractivity contribution in [1.29, 1.82) is 0 Å². The van der Waals surface area contributed by atoms with Crippen LogP contribution in [0.4, 0.5) is 0 Å². The highest BCUT2D eigenvalue weighted by Gasteiger charge is 2.21. The zero-order chi connectivity index (χ0) is 16.9. The van der Waals surface area contributed by atoms with Gasteiger partial charge in [-0.2, -0.15) is 4.98 Å². The van der Waals surface area contributed by atoms with Gasteiger partial charge in [0.25, 0.3) is 11.8 Å². The number of pyridine rings is 1. The predicted molar refractivity (Wildman–Crippen MR) is 87.5 cm³/mol. The number of aromatic hydroxyl groups is 2. The van der Waals surface area contributed by atoms with Crippen LogP contribution in [0.2, 0.25) is 0 Å². The first kappa shape index (κ1) is 16.2. The fourth-order valence-corrected chi connectivity index (χ4v) is 2.98. The highest BCUT2D eigenvalue weighted by Crippen LogP contribution is 2.29. The summed E-state index contributed by atoms with van der Waals surface area (Å²) in [5, 5.41) is 22.4. The third kappa shape index (κ3) is 3.61. The molecule has 1 aliphatic rings. The van der Waals surface area contributed by atoms with E-state index in [4.69, 9.17) is 0 Å². The van der Waals surface area contributed by atoms with Crippen LogP contribution < -0.4 is 5.32 Å². The molecular weight excluding hydrogens is 308 g/mol. The Bertz CT molecular complexity index is 715. The summed E-state index contributed by atoms with van der Waals surface area (Å²) < 4.78 is 0. The van der Waals surface area contributed by atoms with E-state index in [1.165, 1.54) is 25.7 Å². The molecule has 0 saturated heterocycles. The third-order valence-electron chi connectivity index (χ3n) is 4.29. The molecule has 1 saturated carbocycles. The largest absolute Gasteiger partial charge is 0.501 e. The lowest BCUT2D eigenvalue weighted by atomic mass is 10.0. The van der Waals surface area contributed by atoms with E-state index >= 15 is 0 Å². The second-order valence-corrected chi connectivity index (χ2v) is 5.98. The van der Waals surface area contributed by atoms with Crippen molar-refractivity contribution in [3.05, 3.63) is 30.1 Å². The number of carbonyl (C=O) groups excluding carboxylic acids is 1. The lowest BCUT2D eigenvalue weighted by Gasteiger charge is -2.11. The Balaban J connectivity index is 1.73. The fraction of sp³-hybridized carbons (Fsp3) is 0.412. The molecule has 7 nitrogen and oxygen atoms in total. The van der Waals surface area contributed by atoms with Crippen molar-refractivity contribution in [2.45, 2.75) is 32.1 Å². The molecular formula is C17H20N4O3. The molecule has 2 heterocycles. The van der Waals surface area contributed by atoms with Gasteiger partial charge in [0, 0.05) is 12.7 Å². The average molecular weight is 328 g/mol. The van der Waals surface area contributed by atoms with E-state index in [0.29, 0.717) is 18.2 Å². The van der Waals surface area contributed by atoms with E-state index < -0.39 is 17.5 Å². The molecule has 3 rings (SSSR count). The van der Waals surface area contributed by atoms with Crippen molar-refractivity contribution in [2.24, 2.45) is 5.92 Å². The highest BCUT2D eigenvalue weighted by molar-refractivity contribution is 5.95. The van der Waals surface area contributed by atoms with Crippen LogP contribution in [0.5, 0.6) is 11.6 Å². The normalized spacial score (nSPS) is 14.7. The maximum Gasteiger partial charge on any atom is 0.274 e. The van der Waals surface area contributed by atoms with Crippen molar-refractivity contribution < 1.29 is 15.0 Å². The molecule has 24 heavy (non-hydrogen) atoms. The van der Waals surface area contributed by atoms with Crippen LogP contribution in [0, 0.1) is 5.92 Å². The summed E-state index contributed by atoms with van der Waals surface area (Å²) in [7, 11) is 0. The second kappa shape index (κ2) is 7.25. The van der Waals surface area contributed by atoms with Gasteiger partial charge in [0.05, 0.1) is 0 Å². The molecule has 0 spiro atoms. The van der Waals surface area contributed by atoms with Crippen molar-refractivity contribution in [3.8, 4) is 23.1 Å². The molecule has 2 aromatic heterocycles. The molecule has 1 amide bonds. The van der Waals surface area contributed by atoms with E-state index in [1.807, 2.05) is 0 Å². The molecule has 0 aliphatic heterocycles. The lowest BCUT2D eigenvalue weighted by molar-refractivity contribution is 0.0942. The first-order chi connectivity index (χ1) is 11.6. The summed E-state index contributed by atoms with van der Waals surface area (Å²) in [6.07, 6.45) is 7.40. The van der Waals surface area contributed by atoms with E-state index in [1.54, 1.807) is 24.4 Å². The van der Waals surface area contributed by atoms with Crippen molar-refractivity contribution >= 4 is 5.91 Å². The second-order valence-electron chi connectivity index (χ2n) is 5.98. The van der Waals surface area contributed by atoms with E-state index in [9.17, 15) is 15.0 Å². The molecule has 2 aromatic rings. The van der Waals surface area contributed by atoms with Crippen molar-refractivity contribution in [3.63, 3.8) is 0 Å². The van der Waals surface area contributed by atoms with E-state index in [2.05, 4.69) is 20.3 Å². The smallest absolute Gasteiger partial charge is 0.274 e. The van der Waals surface area contributed by atoms with Gasteiger partial charge in [-0.15, -0.1) is 0 Å². The highest BCUT2D eigenvalue weighted by atomic mass is 16.3. The standard InChI is InChI=1S/C17H20N4O3/c22-14-13(16(23)19-10-8-11-5-1-2-6-11)20-15(21-17(14)24)12-7-3-4-9-18-12/h3-4,7,9,11,22H,1-2,5-6,8,10H2,(H,19,23)(H,20,21,24). The van der Waals surface area contributed by atoms with Crippen LogP contribution in [0.1, 0.15) is 42.6 Å². The van der Waals surface area contributed by atoms with Crippen LogP contribution in [0.25, 0.3) is 11.5 Å². The Morgan fingerprint density at radius 2 is 2.00 bits per heavy atom. The zero-order valence-electron chi connectivity index (χ0n) is 13.3. The number of rotatable bonds is 5. The molecule has 0 bridgehead atoms. The first-order valence-electron chi connectivity index (χ1n) is 8.14. The quantitative estimate of drug-likeness (QED) is 0.777. The number of carbonyl (C=O) groups is 1. The first-order valence-corrected chi connectivity index (χ1v) is 8.14. The topological polar surface area (TPSA) is 108 Å². The minimum absolute atomic E-state index is 0.0897. The molecule has 126 valence electrons. The predicted octanol–water partition coefficient (Wildman–Crippen LogP) is 2.26. The summed E-state index contributed by atoms with van der Waals surface area (Å²) in [4.78, 5) is 24.2. The maximum atomic E-state index is 12.3. The fourth-order valence-electron chi connectivity index (χ4n) is 2.98. The molecule has 0 atom stereocenters. The van der Waals surface area contributed by atoms with Gasteiger partial charge < -0.3 is 15.5 Å². The van der Waals surface area contributed by atoms with E-state index in [0.717, 1.165) is 6.42 Å². The minimum atomic E-state index is -0.633. The lowest BCUT2D eigenvalue weighted by Crippen LogP contribution is -2.27. The van der Waals surface area contributed by atoms with Gasteiger partial charge >= 0.3 is 0 Å². The molecule has 0 aromatic carbocycles. The van der Waals surface area contributed by atoms with Crippen LogP contribution >= 0.6 is 0 Å². The van der Waals surface area contributed by atoms with Gasteiger partial charge in [0.2, 0.25) is 5.75 Å². The summed E-state index contributed by atoms with van der Waals surface area (Å²) in [6, 6.07) is 5.14. The van der Waals surface area contributed by atoms with Crippen molar-refractivity contribution in [1.82, 2.24) is 20.3 Å². The molecule has 1 aliphatic carbocycles. The molecule has 7 heteroatoms. The summed E-state index contributed by atoms with van der Waals surface area (Å²) >= 11 is 0. The molecule has 3 N–H and O–H groups in total. The van der Waals surface area contributed by atoms with Gasteiger partial charge in [-0.05, 0) is 24.5 Å². The summed E-state index contributed by atoms with van der Waals surface area (Å²) in [6.45, 7) is 0.520. The number of amides is 1. The molecule has 1 fully saturated rings. The maximum absolute atomic E-state index is 12.3. The van der Waals surface area contributed by atoms with Crippen LogP contribution in [0.15, 0.2) is 24.4 Å². The molecule has 0 unspecified atom stereocenters. The summed E-state index contributed by atoms with van der Waals surface area (Å²) in [5.74, 6) is -1.03. The number of hydrogen-bond acceptors (Lipinski definition) is 6. The third-order valence-corrected chi connectivity index (χ3v) is 4.29. The Morgan fingerprint density at radius 1 is 1.21 bits per heavy atom. The van der Waals surface area contributed by atoms with Crippen molar-refractivity contribution in [2.75, 3.05) is 6.54 Å². The molecule has 0 radical (unpaired) electrons. The number of nitrogens with zero attached hydrogens (tertiary/aromatic N) is 3. The Labute approximate surface area is 139 Å². The van der Waals surface area contributed by atoms with Crippen LogP contribution in [0.3, 0.4) is 0 Å². The summed E-state index contributed by atoms with van der Waals surface area (Å²) in [5.41, 5.74) is 0.169. The monoisotopic (exact) mass is 328 g/mol. The van der Waals surface area contributed by atoms with Gasteiger partial charge in [0.15, 0.2) is 11.5 Å². The number of nitrogens with one attached hydrogen (secondary N) is 1. The average Bonchev–Trinajstić information content (AvgIpc) is 3.11. The zero-order valence-corrected chi connectivity index (χ0v) is 13.3. The SMILES string of the molecule is O=C(NCCC1CCCC1)c1nc(-c2ccccn2)nc(O)c1O. The van der Waals surface area contributed by atoms with Gasteiger partial charge in [-0.1, -0.05) is 31.7 Å². The Kier molecular flexibility index (Phi) is 4.88. The minimum Gasteiger partial charge on any atom is -0.501 e. The Hall–Kier alpha value is -2.70. The van der Waals surface area contributed by atoms with E-state index in [-0.39, 0.29) is 11.5 Å². The number of hydrogen-bond donors (Lipinski definition) is 3. The van der Waals surface area contributed by atoms with Gasteiger partial charge in [0.1, 0.15) is 5.69 Å². The number of aromatic nitrogens is 3.